The van der Waals surface area contributed by atoms with Crippen LogP contribution in [-0.4, -0.2) is 23.8 Å². The molecule has 0 spiro atoms. The van der Waals surface area contributed by atoms with Crippen LogP contribution in [0.3, 0.4) is 0 Å². The number of ketones is 1. The van der Waals surface area contributed by atoms with Gasteiger partial charge in [0, 0.05) is 11.4 Å². The van der Waals surface area contributed by atoms with Crippen molar-refractivity contribution in [1.82, 2.24) is 4.98 Å². The summed E-state index contributed by atoms with van der Waals surface area (Å²) in [6.45, 7) is 1.32. The fourth-order valence-electron chi connectivity index (χ4n) is 1.57. The number of carbonyl (C=O) groups excluding carboxylic acids is 2. The number of nitrogens with one attached hydrogen (secondary N) is 1. The van der Waals surface area contributed by atoms with Gasteiger partial charge in [-0.3, -0.25) is 4.79 Å². The second-order valence-corrected chi connectivity index (χ2v) is 5.82. The molecule has 0 saturated heterocycles. The van der Waals surface area contributed by atoms with Gasteiger partial charge in [0.15, 0.2) is 16.6 Å². The summed E-state index contributed by atoms with van der Waals surface area (Å²) in [5.41, 5.74) is 0.0997. The summed E-state index contributed by atoms with van der Waals surface area (Å²) in [5.74, 6) is -1.51. The van der Waals surface area contributed by atoms with Crippen LogP contribution >= 0.6 is 27.3 Å². The van der Waals surface area contributed by atoms with Crippen molar-refractivity contribution in [3.8, 4) is 0 Å². The molecule has 1 aromatic heterocycles. The van der Waals surface area contributed by atoms with Crippen molar-refractivity contribution >= 4 is 49.8 Å². The number of halogens is 2. The van der Waals surface area contributed by atoms with Crippen LogP contribution in [0.25, 0.3) is 0 Å². The van der Waals surface area contributed by atoms with Crippen molar-refractivity contribution in [3.63, 3.8) is 0 Å². The first-order valence-electron chi connectivity index (χ1n) is 5.75. The third-order valence-corrected chi connectivity index (χ3v) is 4.25. The molecule has 0 saturated carbocycles. The highest BCUT2D eigenvalue weighted by Gasteiger charge is 2.22. The molecule has 21 heavy (non-hydrogen) atoms. The van der Waals surface area contributed by atoms with E-state index in [9.17, 15) is 14.0 Å². The third-order valence-electron chi connectivity index (χ3n) is 2.52. The van der Waals surface area contributed by atoms with E-state index in [0.29, 0.717) is 4.47 Å². The smallest absolute Gasteiger partial charge is 0.358 e. The van der Waals surface area contributed by atoms with Crippen LogP contribution in [0.5, 0.6) is 0 Å². The fourth-order valence-corrected chi connectivity index (χ4v) is 2.87. The number of aromatic nitrogens is 1. The first kappa shape index (κ1) is 15.6. The van der Waals surface area contributed by atoms with Gasteiger partial charge in [-0.05, 0) is 28.1 Å². The average molecular weight is 373 g/mol. The van der Waals surface area contributed by atoms with E-state index in [1.807, 2.05) is 0 Å². The number of ether oxygens (including phenoxy) is 1. The van der Waals surface area contributed by atoms with Crippen molar-refractivity contribution < 1.29 is 18.7 Å². The van der Waals surface area contributed by atoms with Crippen LogP contribution < -0.4 is 5.32 Å². The van der Waals surface area contributed by atoms with Crippen LogP contribution in [0.4, 0.5) is 15.2 Å². The molecule has 110 valence electrons. The Labute approximate surface area is 132 Å². The van der Waals surface area contributed by atoms with Gasteiger partial charge in [-0.2, -0.15) is 0 Å². The SMILES string of the molecule is COC(=O)c1nc(Nc2c(F)cccc2Br)sc1C(C)=O. The van der Waals surface area contributed by atoms with Gasteiger partial charge in [-0.25, -0.2) is 14.2 Å². The molecule has 2 aromatic rings. The van der Waals surface area contributed by atoms with Crippen LogP contribution in [0.15, 0.2) is 22.7 Å². The van der Waals surface area contributed by atoms with Gasteiger partial charge in [0.1, 0.15) is 10.7 Å². The molecule has 0 amide bonds. The molecular formula is C13H10BrFN2O3S. The zero-order chi connectivity index (χ0) is 15.6. The summed E-state index contributed by atoms with van der Waals surface area (Å²) < 4.78 is 18.8. The van der Waals surface area contributed by atoms with Crippen LogP contribution in [0, 0.1) is 5.82 Å². The minimum Gasteiger partial charge on any atom is -0.464 e. The second kappa shape index (κ2) is 6.31. The maximum absolute atomic E-state index is 13.8. The molecule has 5 nitrogen and oxygen atoms in total. The summed E-state index contributed by atoms with van der Waals surface area (Å²) in [7, 11) is 1.20. The standard InChI is InChI=1S/C13H10BrFN2O3S/c1-6(18)11-10(12(19)20-2)17-13(21-11)16-9-7(14)4-3-5-8(9)15/h3-5H,1-2H3,(H,16,17). The summed E-state index contributed by atoms with van der Waals surface area (Å²) in [4.78, 5) is 27.3. The molecule has 8 heteroatoms. The molecule has 0 fully saturated rings. The van der Waals surface area contributed by atoms with Gasteiger partial charge in [0.25, 0.3) is 0 Å². The van der Waals surface area contributed by atoms with Crippen LogP contribution in [0.1, 0.15) is 27.1 Å². The van der Waals surface area contributed by atoms with Crippen molar-refractivity contribution in [2.45, 2.75) is 6.92 Å². The quantitative estimate of drug-likeness (QED) is 0.653. The number of Topliss-reactive ketones (excluding diaryl/α,β-unsaturated/α-hetero) is 1. The van der Waals surface area contributed by atoms with Crippen molar-refractivity contribution in [2.24, 2.45) is 0 Å². The summed E-state index contributed by atoms with van der Waals surface area (Å²) >= 11 is 4.18. The molecule has 0 atom stereocenters. The van der Waals surface area contributed by atoms with E-state index in [2.05, 4.69) is 31.0 Å². The highest BCUT2D eigenvalue weighted by molar-refractivity contribution is 9.10. The minimum absolute atomic E-state index is 0.0787. The number of rotatable bonds is 4. The minimum atomic E-state index is -0.711. The van der Waals surface area contributed by atoms with Crippen LogP contribution in [-0.2, 0) is 4.74 Å². The van der Waals surface area contributed by atoms with E-state index >= 15 is 0 Å². The second-order valence-electron chi connectivity index (χ2n) is 3.97. The summed E-state index contributed by atoms with van der Waals surface area (Å²) in [6.07, 6.45) is 0. The molecule has 0 aliphatic rings. The number of thiazole rings is 1. The van der Waals surface area contributed by atoms with E-state index in [-0.39, 0.29) is 27.2 Å². The lowest BCUT2D eigenvalue weighted by molar-refractivity contribution is 0.0591. The largest absolute Gasteiger partial charge is 0.464 e. The molecular weight excluding hydrogens is 363 g/mol. The van der Waals surface area contributed by atoms with E-state index in [1.54, 1.807) is 12.1 Å². The first-order valence-corrected chi connectivity index (χ1v) is 7.36. The zero-order valence-electron chi connectivity index (χ0n) is 11.1. The Morgan fingerprint density at radius 3 is 2.71 bits per heavy atom. The lowest BCUT2D eigenvalue weighted by Crippen LogP contribution is -2.07. The Hall–Kier alpha value is -1.80. The number of esters is 1. The molecule has 0 radical (unpaired) electrons. The Bertz CT molecular complexity index is 697. The Balaban J connectivity index is 2.42. The van der Waals surface area contributed by atoms with Crippen LogP contribution in [0.2, 0.25) is 0 Å². The van der Waals surface area contributed by atoms with E-state index in [0.717, 1.165) is 11.3 Å². The normalized spacial score (nSPS) is 10.3. The number of para-hydroxylation sites is 1. The maximum atomic E-state index is 13.8. The monoisotopic (exact) mass is 372 g/mol. The Kier molecular flexibility index (Phi) is 4.69. The summed E-state index contributed by atoms with van der Waals surface area (Å²) in [5, 5.41) is 2.99. The molecule has 1 aromatic carbocycles. The van der Waals surface area contributed by atoms with E-state index in [4.69, 9.17) is 0 Å². The zero-order valence-corrected chi connectivity index (χ0v) is 13.5. The number of hydrogen-bond donors (Lipinski definition) is 1. The highest BCUT2D eigenvalue weighted by atomic mass is 79.9. The van der Waals surface area contributed by atoms with Crippen molar-refractivity contribution in [3.05, 3.63) is 39.1 Å². The number of hydrogen-bond acceptors (Lipinski definition) is 6. The molecule has 0 aliphatic heterocycles. The lowest BCUT2D eigenvalue weighted by Gasteiger charge is -2.06. The van der Waals surface area contributed by atoms with E-state index < -0.39 is 11.8 Å². The van der Waals surface area contributed by atoms with Gasteiger partial charge in [0.05, 0.1) is 12.8 Å². The number of methoxy groups -OCH3 is 1. The Morgan fingerprint density at radius 2 is 2.14 bits per heavy atom. The number of anilines is 2. The van der Waals surface area contributed by atoms with Crippen molar-refractivity contribution in [2.75, 3.05) is 12.4 Å². The topological polar surface area (TPSA) is 68.3 Å². The first-order chi connectivity index (χ1) is 9.93. The van der Waals surface area contributed by atoms with Gasteiger partial charge in [-0.1, -0.05) is 17.4 Å². The summed E-state index contributed by atoms with van der Waals surface area (Å²) in [6, 6.07) is 4.49. The van der Waals surface area contributed by atoms with Gasteiger partial charge < -0.3 is 10.1 Å². The predicted molar refractivity (Wildman–Crippen MR) is 80.8 cm³/mol. The van der Waals surface area contributed by atoms with Gasteiger partial charge >= 0.3 is 5.97 Å². The molecule has 0 aliphatic carbocycles. The Morgan fingerprint density at radius 1 is 1.43 bits per heavy atom. The molecule has 1 heterocycles. The van der Waals surface area contributed by atoms with Gasteiger partial charge in [-0.15, -0.1) is 0 Å². The number of carbonyl (C=O) groups is 2. The number of nitrogens with zero attached hydrogens (tertiary/aromatic N) is 1. The average Bonchev–Trinajstić information content (AvgIpc) is 2.86. The molecule has 0 bridgehead atoms. The molecule has 0 unspecified atom stereocenters. The van der Waals surface area contributed by atoms with Gasteiger partial charge in [0.2, 0.25) is 0 Å². The lowest BCUT2D eigenvalue weighted by atomic mass is 10.3. The number of benzene rings is 1. The fraction of sp³-hybridized carbons (Fsp3) is 0.154. The molecule has 2 rings (SSSR count). The van der Waals surface area contributed by atoms with Crippen molar-refractivity contribution in [1.29, 1.82) is 0 Å². The van der Waals surface area contributed by atoms with E-state index in [1.165, 1.54) is 20.1 Å². The molecule has 1 N–H and O–H groups in total. The maximum Gasteiger partial charge on any atom is 0.358 e. The highest BCUT2D eigenvalue weighted by Crippen LogP contribution is 2.32. The third kappa shape index (κ3) is 3.27. The predicted octanol–water partition coefficient (Wildman–Crippen LogP) is 3.78.